The van der Waals surface area contributed by atoms with Crippen LogP contribution in [0, 0.1) is 13.8 Å². The average molecular weight is 468 g/mol. The lowest BCUT2D eigenvalue weighted by Crippen LogP contribution is -2.21. The van der Waals surface area contributed by atoms with Crippen molar-refractivity contribution in [3.63, 3.8) is 0 Å². The van der Waals surface area contributed by atoms with Gasteiger partial charge in [0.15, 0.2) is 0 Å². The predicted molar refractivity (Wildman–Crippen MR) is 109 cm³/mol. The van der Waals surface area contributed by atoms with E-state index in [-0.39, 0.29) is 26.1 Å². The molecule has 1 nitrogen and oxygen atoms in total. The number of benzene rings is 1. The van der Waals surface area contributed by atoms with Gasteiger partial charge in [-0.3, -0.25) is 0 Å². The zero-order chi connectivity index (χ0) is 22.5. The molecule has 0 N–H and O–H groups in total. The second-order valence-corrected chi connectivity index (χ2v) is 11.5. The van der Waals surface area contributed by atoms with Crippen molar-refractivity contribution >= 4 is 25.2 Å². The van der Waals surface area contributed by atoms with Crippen LogP contribution in [0.1, 0.15) is 58.2 Å². The fraction of sp³-hybridized carbons (Fsp3) is 0.524. The molecule has 1 aliphatic rings. The van der Waals surface area contributed by atoms with Gasteiger partial charge in [-0.05, 0) is 54.9 Å². The molecule has 166 valence electrons. The fourth-order valence-corrected chi connectivity index (χ4v) is 6.87. The van der Waals surface area contributed by atoms with Crippen LogP contribution < -0.4 is 5.30 Å². The first-order chi connectivity index (χ1) is 13.7. The number of rotatable bonds is 4. The number of thiophene rings is 1. The van der Waals surface area contributed by atoms with E-state index in [1.54, 1.807) is 25.2 Å². The van der Waals surface area contributed by atoms with E-state index in [2.05, 4.69) is 0 Å². The Balaban J connectivity index is 2.06. The van der Waals surface area contributed by atoms with Crippen LogP contribution >= 0.6 is 19.9 Å². The van der Waals surface area contributed by atoms with Gasteiger partial charge in [-0.1, -0.05) is 22.4 Å². The van der Waals surface area contributed by atoms with Gasteiger partial charge in [-0.25, -0.2) is 0 Å². The largest absolute Gasteiger partial charge is 0.416 e. The number of aryl methyl sites for hydroxylation is 2. The molecule has 2 atom stereocenters. The van der Waals surface area contributed by atoms with E-state index in [0.29, 0.717) is 13.2 Å². The predicted octanol–water partition coefficient (Wildman–Crippen LogP) is 7.15. The lowest BCUT2D eigenvalue weighted by atomic mass is 9.96. The average Bonchev–Trinajstić information content (AvgIpc) is 3.21. The molecule has 0 radical (unpaired) electrons. The molecular formula is C21H23F6OPS. The maximum atomic E-state index is 13.3. The van der Waals surface area contributed by atoms with E-state index < -0.39 is 28.6 Å². The first kappa shape index (κ1) is 23.6. The van der Waals surface area contributed by atoms with Crippen molar-refractivity contribution in [1.82, 2.24) is 0 Å². The third-order valence-electron chi connectivity index (χ3n) is 5.39. The number of hydrogen-bond acceptors (Lipinski definition) is 2. The smallest absolute Gasteiger partial charge is 0.381 e. The summed E-state index contributed by atoms with van der Waals surface area (Å²) >= 11 is 1.62. The maximum absolute atomic E-state index is 13.3. The van der Waals surface area contributed by atoms with Gasteiger partial charge in [0.1, 0.15) is 0 Å². The molecule has 0 saturated carbocycles. The van der Waals surface area contributed by atoms with Crippen molar-refractivity contribution in [2.75, 3.05) is 13.2 Å². The minimum atomic E-state index is -4.85. The quantitative estimate of drug-likeness (QED) is 0.342. The minimum absolute atomic E-state index is 0.0335. The first-order valence-corrected chi connectivity index (χ1v) is 11.3. The molecule has 0 spiro atoms. The summed E-state index contributed by atoms with van der Waals surface area (Å²) in [6.07, 6.45) is -8.83. The van der Waals surface area contributed by atoms with Crippen LogP contribution in [0.5, 0.6) is 0 Å². The van der Waals surface area contributed by atoms with Crippen molar-refractivity contribution in [2.45, 2.75) is 57.5 Å². The summed E-state index contributed by atoms with van der Waals surface area (Å²) in [5, 5.41) is 0.150. The van der Waals surface area contributed by atoms with Crippen molar-refractivity contribution in [1.29, 1.82) is 0 Å². The summed E-state index contributed by atoms with van der Waals surface area (Å²) in [6.45, 7) is 8.65. The molecule has 9 heteroatoms. The van der Waals surface area contributed by atoms with Gasteiger partial charge < -0.3 is 4.74 Å². The first-order valence-electron chi connectivity index (χ1n) is 9.46. The van der Waals surface area contributed by atoms with E-state index in [1.807, 2.05) is 13.8 Å². The van der Waals surface area contributed by atoms with Crippen molar-refractivity contribution in [3.05, 3.63) is 50.2 Å². The van der Waals surface area contributed by atoms with E-state index in [0.717, 1.165) is 39.2 Å². The van der Waals surface area contributed by atoms with E-state index >= 15 is 0 Å². The summed E-state index contributed by atoms with van der Waals surface area (Å²) in [5.41, 5.74) is -1.34. The molecular weight excluding hydrogens is 445 g/mol. The van der Waals surface area contributed by atoms with Gasteiger partial charge in [0.05, 0.1) is 17.7 Å². The Bertz CT molecular complexity index is 891. The molecule has 1 aromatic carbocycles. The summed E-state index contributed by atoms with van der Waals surface area (Å²) in [7, 11) is 0.0335. The van der Waals surface area contributed by atoms with Crippen LogP contribution in [0.3, 0.4) is 0 Å². The third-order valence-corrected chi connectivity index (χ3v) is 8.42. The van der Waals surface area contributed by atoms with E-state index in [4.69, 9.17) is 4.74 Å². The highest BCUT2D eigenvalue weighted by atomic mass is 32.1. The number of hydrogen-bond donors (Lipinski definition) is 0. The fourth-order valence-electron chi connectivity index (χ4n) is 3.81. The number of halogens is 6. The molecule has 1 saturated heterocycles. The molecule has 0 amide bonds. The van der Waals surface area contributed by atoms with Crippen molar-refractivity contribution in [3.8, 4) is 0 Å². The standard InChI is InChI=1S/C21H23F6OPS/c1-11-17(13-5-6-28-10-13)18(12(2)30-11)29-19(3,4)14-7-15(20(22,23)24)9-16(8-14)21(25,26)27/h7-9,13,29H,5-6,10H2,1-4H3. The molecule has 30 heavy (non-hydrogen) atoms. The Morgan fingerprint density at radius 1 is 0.900 bits per heavy atom. The molecule has 2 unspecified atom stereocenters. The van der Waals surface area contributed by atoms with E-state index in [9.17, 15) is 26.3 Å². The monoisotopic (exact) mass is 468 g/mol. The van der Waals surface area contributed by atoms with Gasteiger partial charge >= 0.3 is 12.4 Å². The maximum Gasteiger partial charge on any atom is 0.416 e. The normalized spacial score (nSPS) is 18.7. The van der Waals surface area contributed by atoms with Crippen molar-refractivity contribution in [2.24, 2.45) is 0 Å². The minimum Gasteiger partial charge on any atom is -0.381 e. The number of alkyl halides is 6. The summed E-state index contributed by atoms with van der Waals surface area (Å²) in [4.78, 5) is 2.20. The molecule has 2 heterocycles. The SMILES string of the molecule is Cc1sc(C)c(C2CCOC2)c1PC(C)(C)c1cc(C(F)(F)F)cc(C(F)(F)F)c1. The summed E-state index contributed by atoms with van der Waals surface area (Å²) in [6, 6.07) is 1.90. The highest BCUT2D eigenvalue weighted by Crippen LogP contribution is 2.47. The Kier molecular flexibility index (Phi) is 6.36. The van der Waals surface area contributed by atoms with Gasteiger partial charge in [0, 0.05) is 27.4 Å². The zero-order valence-corrected chi connectivity index (χ0v) is 18.8. The molecule has 3 rings (SSSR count). The zero-order valence-electron chi connectivity index (χ0n) is 17.0. The highest BCUT2D eigenvalue weighted by molar-refractivity contribution is 7.49. The van der Waals surface area contributed by atoms with Crippen molar-refractivity contribution < 1.29 is 31.1 Å². The van der Waals surface area contributed by atoms with Gasteiger partial charge in [-0.2, -0.15) is 26.3 Å². The van der Waals surface area contributed by atoms with Crippen LogP contribution in [-0.2, 0) is 22.2 Å². The Morgan fingerprint density at radius 2 is 1.43 bits per heavy atom. The van der Waals surface area contributed by atoms with Crippen LogP contribution in [0.25, 0.3) is 0 Å². The Morgan fingerprint density at radius 3 is 1.90 bits per heavy atom. The molecule has 0 aliphatic carbocycles. The lowest BCUT2D eigenvalue weighted by molar-refractivity contribution is -0.143. The third kappa shape index (κ3) is 4.86. The molecule has 1 aromatic heterocycles. The van der Waals surface area contributed by atoms with Crippen LogP contribution in [0.15, 0.2) is 18.2 Å². The molecule has 0 bridgehead atoms. The van der Waals surface area contributed by atoms with Gasteiger partial charge in [-0.15, -0.1) is 11.3 Å². The van der Waals surface area contributed by atoms with Gasteiger partial charge in [0.2, 0.25) is 0 Å². The van der Waals surface area contributed by atoms with Crippen LogP contribution in [0.2, 0.25) is 0 Å². The molecule has 1 fully saturated rings. The molecule has 2 aromatic rings. The van der Waals surface area contributed by atoms with Gasteiger partial charge in [0.25, 0.3) is 0 Å². The number of ether oxygens (including phenoxy) is 1. The Labute approximate surface area is 177 Å². The second kappa shape index (κ2) is 8.10. The summed E-state index contributed by atoms with van der Waals surface area (Å²) in [5.74, 6) is 0.223. The lowest BCUT2D eigenvalue weighted by Gasteiger charge is -2.29. The van der Waals surface area contributed by atoms with E-state index in [1.165, 1.54) is 0 Å². The molecule has 1 aliphatic heterocycles. The van der Waals surface area contributed by atoms with Crippen LogP contribution in [0.4, 0.5) is 26.3 Å². The summed E-state index contributed by atoms with van der Waals surface area (Å²) < 4.78 is 85.4. The Hall–Kier alpha value is -1.11. The highest BCUT2D eigenvalue weighted by Gasteiger charge is 2.39. The second-order valence-electron chi connectivity index (χ2n) is 8.11. The topological polar surface area (TPSA) is 9.23 Å². The van der Waals surface area contributed by atoms with Crippen LogP contribution in [-0.4, -0.2) is 13.2 Å².